The SMILES string of the molecule is CCC(C)N(CC(C)C(=O)OC)C(=O)c1cccc(Br)c1. The Kier molecular flexibility index (Phi) is 6.89. The predicted molar refractivity (Wildman–Crippen MR) is 86.1 cm³/mol. The van der Waals surface area contributed by atoms with Gasteiger partial charge in [-0.25, -0.2) is 0 Å². The van der Waals surface area contributed by atoms with E-state index in [0.717, 1.165) is 10.9 Å². The lowest BCUT2D eigenvalue weighted by Crippen LogP contribution is -2.42. The van der Waals surface area contributed by atoms with Crippen LogP contribution in [0, 0.1) is 5.92 Å². The molecule has 2 unspecified atom stereocenters. The van der Waals surface area contributed by atoms with Crippen LogP contribution in [0.1, 0.15) is 37.6 Å². The van der Waals surface area contributed by atoms with E-state index in [-0.39, 0.29) is 23.8 Å². The number of benzene rings is 1. The third-order valence-electron chi connectivity index (χ3n) is 3.53. The molecular weight excluding hydrogens is 334 g/mol. The smallest absolute Gasteiger partial charge is 0.310 e. The summed E-state index contributed by atoms with van der Waals surface area (Å²) in [5.41, 5.74) is 0.613. The molecule has 4 nitrogen and oxygen atoms in total. The largest absolute Gasteiger partial charge is 0.469 e. The van der Waals surface area contributed by atoms with Crippen molar-refractivity contribution in [1.82, 2.24) is 4.90 Å². The zero-order valence-corrected chi connectivity index (χ0v) is 14.5. The molecule has 1 aromatic rings. The van der Waals surface area contributed by atoms with Crippen LogP contribution in [0.3, 0.4) is 0 Å². The van der Waals surface area contributed by atoms with Crippen LogP contribution in [0.5, 0.6) is 0 Å². The van der Waals surface area contributed by atoms with E-state index in [2.05, 4.69) is 15.9 Å². The molecule has 116 valence electrons. The van der Waals surface area contributed by atoms with Crippen molar-refractivity contribution in [3.8, 4) is 0 Å². The molecule has 21 heavy (non-hydrogen) atoms. The lowest BCUT2D eigenvalue weighted by Gasteiger charge is -2.30. The number of nitrogens with zero attached hydrogens (tertiary/aromatic N) is 1. The zero-order valence-electron chi connectivity index (χ0n) is 12.9. The van der Waals surface area contributed by atoms with E-state index in [0.29, 0.717) is 12.1 Å². The molecule has 0 saturated heterocycles. The predicted octanol–water partition coefficient (Wildman–Crippen LogP) is 3.50. The van der Waals surface area contributed by atoms with E-state index >= 15 is 0 Å². The topological polar surface area (TPSA) is 46.6 Å². The molecule has 0 saturated carbocycles. The second kappa shape index (κ2) is 8.17. The van der Waals surface area contributed by atoms with Crippen molar-refractivity contribution in [3.05, 3.63) is 34.3 Å². The summed E-state index contributed by atoms with van der Waals surface area (Å²) in [7, 11) is 1.36. The average molecular weight is 356 g/mol. The number of carbonyl (C=O) groups excluding carboxylic acids is 2. The first kappa shape index (κ1) is 17.7. The highest BCUT2D eigenvalue weighted by molar-refractivity contribution is 9.10. The molecule has 1 amide bonds. The first-order chi connectivity index (χ1) is 9.90. The summed E-state index contributed by atoms with van der Waals surface area (Å²) < 4.78 is 5.61. The molecule has 0 radical (unpaired) electrons. The number of halogens is 1. The monoisotopic (exact) mass is 355 g/mol. The maximum atomic E-state index is 12.7. The molecule has 1 aromatic carbocycles. The van der Waals surface area contributed by atoms with Gasteiger partial charge < -0.3 is 9.64 Å². The van der Waals surface area contributed by atoms with Gasteiger partial charge in [0.05, 0.1) is 13.0 Å². The number of carbonyl (C=O) groups is 2. The molecule has 2 atom stereocenters. The van der Waals surface area contributed by atoms with E-state index in [1.165, 1.54) is 7.11 Å². The van der Waals surface area contributed by atoms with Crippen LogP contribution in [-0.4, -0.2) is 36.5 Å². The van der Waals surface area contributed by atoms with Crippen molar-refractivity contribution in [2.45, 2.75) is 33.2 Å². The van der Waals surface area contributed by atoms with E-state index < -0.39 is 0 Å². The van der Waals surface area contributed by atoms with E-state index in [4.69, 9.17) is 4.74 Å². The summed E-state index contributed by atoms with van der Waals surface area (Å²) in [6.45, 7) is 6.14. The first-order valence-corrected chi connectivity index (χ1v) is 7.84. The lowest BCUT2D eigenvalue weighted by atomic mass is 10.1. The lowest BCUT2D eigenvalue weighted by molar-refractivity contribution is -0.145. The fourth-order valence-electron chi connectivity index (χ4n) is 2.04. The Bertz CT molecular complexity index is 504. The summed E-state index contributed by atoms with van der Waals surface area (Å²) in [4.78, 5) is 26.0. The third-order valence-corrected chi connectivity index (χ3v) is 4.02. The van der Waals surface area contributed by atoms with Gasteiger partial charge in [-0.15, -0.1) is 0 Å². The van der Waals surface area contributed by atoms with Crippen LogP contribution in [0.15, 0.2) is 28.7 Å². The van der Waals surface area contributed by atoms with Crippen LogP contribution in [0.2, 0.25) is 0 Å². The van der Waals surface area contributed by atoms with Gasteiger partial charge in [0.25, 0.3) is 5.91 Å². The van der Waals surface area contributed by atoms with Crippen molar-refractivity contribution < 1.29 is 14.3 Å². The van der Waals surface area contributed by atoms with Gasteiger partial charge >= 0.3 is 5.97 Å². The number of rotatable bonds is 6. The highest BCUT2D eigenvalue weighted by Crippen LogP contribution is 2.17. The number of esters is 1. The fourth-order valence-corrected chi connectivity index (χ4v) is 2.44. The highest BCUT2D eigenvalue weighted by atomic mass is 79.9. The van der Waals surface area contributed by atoms with E-state index in [1.807, 2.05) is 26.0 Å². The third kappa shape index (κ3) is 4.84. The Hall–Kier alpha value is -1.36. The first-order valence-electron chi connectivity index (χ1n) is 7.05. The van der Waals surface area contributed by atoms with Crippen molar-refractivity contribution in [3.63, 3.8) is 0 Å². The van der Waals surface area contributed by atoms with Crippen molar-refractivity contribution >= 4 is 27.8 Å². The molecule has 0 aliphatic carbocycles. The molecule has 0 aliphatic heterocycles. The van der Waals surface area contributed by atoms with E-state index in [9.17, 15) is 9.59 Å². The molecule has 0 aliphatic rings. The van der Waals surface area contributed by atoms with Gasteiger partial charge in [-0.05, 0) is 31.5 Å². The van der Waals surface area contributed by atoms with Gasteiger partial charge in [-0.2, -0.15) is 0 Å². The van der Waals surface area contributed by atoms with E-state index in [1.54, 1.807) is 24.0 Å². The molecule has 0 heterocycles. The number of methoxy groups -OCH3 is 1. The van der Waals surface area contributed by atoms with Crippen LogP contribution in [0.25, 0.3) is 0 Å². The quantitative estimate of drug-likeness (QED) is 0.733. The van der Waals surface area contributed by atoms with Crippen LogP contribution >= 0.6 is 15.9 Å². The van der Waals surface area contributed by atoms with Gasteiger partial charge in [-0.3, -0.25) is 9.59 Å². The van der Waals surface area contributed by atoms with Crippen LogP contribution in [0.4, 0.5) is 0 Å². The summed E-state index contributed by atoms with van der Waals surface area (Å²) >= 11 is 3.37. The Morgan fingerprint density at radius 3 is 2.52 bits per heavy atom. The van der Waals surface area contributed by atoms with Gasteiger partial charge in [0.2, 0.25) is 0 Å². The summed E-state index contributed by atoms with van der Waals surface area (Å²) in [6, 6.07) is 7.34. The minimum Gasteiger partial charge on any atom is -0.469 e. The standard InChI is InChI=1S/C16H22BrNO3/c1-5-12(3)18(10-11(2)16(20)21-4)15(19)13-7-6-8-14(17)9-13/h6-9,11-12H,5,10H2,1-4H3. The highest BCUT2D eigenvalue weighted by Gasteiger charge is 2.25. The van der Waals surface area contributed by atoms with Crippen molar-refractivity contribution in [2.75, 3.05) is 13.7 Å². The Labute approximate surface area is 134 Å². The molecular formula is C16H22BrNO3. The fraction of sp³-hybridized carbons (Fsp3) is 0.500. The normalized spacial score (nSPS) is 13.4. The number of hydrogen-bond acceptors (Lipinski definition) is 3. The second-order valence-corrected chi connectivity index (χ2v) is 6.07. The average Bonchev–Trinajstić information content (AvgIpc) is 2.50. The van der Waals surface area contributed by atoms with Crippen molar-refractivity contribution in [2.24, 2.45) is 5.92 Å². The van der Waals surface area contributed by atoms with Gasteiger partial charge in [-0.1, -0.05) is 35.8 Å². The molecule has 0 N–H and O–H groups in total. The molecule has 1 rings (SSSR count). The minimum absolute atomic E-state index is 0.0589. The number of hydrogen-bond donors (Lipinski definition) is 0. The van der Waals surface area contributed by atoms with Crippen LogP contribution < -0.4 is 0 Å². The Morgan fingerprint density at radius 1 is 1.33 bits per heavy atom. The molecule has 0 aromatic heterocycles. The summed E-state index contributed by atoms with van der Waals surface area (Å²) in [6.07, 6.45) is 0.827. The maximum Gasteiger partial charge on any atom is 0.310 e. The zero-order chi connectivity index (χ0) is 16.0. The molecule has 0 bridgehead atoms. The summed E-state index contributed by atoms with van der Waals surface area (Å²) in [5, 5.41) is 0. The second-order valence-electron chi connectivity index (χ2n) is 5.15. The van der Waals surface area contributed by atoms with Gasteiger partial charge in [0.1, 0.15) is 0 Å². The maximum absolute atomic E-state index is 12.7. The van der Waals surface area contributed by atoms with Crippen molar-refractivity contribution in [1.29, 1.82) is 0 Å². The Morgan fingerprint density at radius 2 is 2.00 bits per heavy atom. The van der Waals surface area contributed by atoms with Gasteiger partial charge in [0, 0.05) is 22.6 Å². The molecule has 0 fully saturated rings. The molecule has 5 heteroatoms. The minimum atomic E-state index is -0.347. The Balaban J connectivity index is 2.97. The molecule has 0 spiro atoms. The van der Waals surface area contributed by atoms with Crippen LogP contribution in [-0.2, 0) is 9.53 Å². The number of amides is 1. The summed E-state index contributed by atoms with van der Waals surface area (Å²) in [5.74, 6) is -0.716. The van der Waals surface area contributed by atoms with Gasteiger partial charge in [0.15, 0.2) is 0 Å². The number of ether oxygens (including phenoxy) is 1.